The third-order valence-corrected chi connectivity index (χ3v) is 2.92. The maximum Gasteiger partial charge on any atom is 0.290 e. The monoisotopic (exact) mass is 280 g/mol. The minimum atomic E-state index is -0.579. The molecule has 0 aliphatic rings. The minimum Gasteiger partial charge on any atom is -0.293 e. The Morgan fingerprint density at radius 1 is 1.47 bits per heavy atom. The average molecular weight is 281 g/mol. The summed E-state index contributed by atoms with van der Waals surface area (Å²) in [5.74, 6) is -0.216. The number of nitro benzene ring substituents is 1. The highest BCUT2D eigenvalue weighted by Crippen LogP contribution is 2.27. The van der Waals surface area contributed by atoms with Crippen LogP contribution in [0.25, 0.3) is 5.69 Å². The lowest BCUT2D eigenvalue weighted by atomic mass is 10.2. The van der Waals surface area contributed by atoms with Gasteiger partial charge < -0.3 is 0 Å². The van der Waals surface area contributed by atoms with Crippen molar-refractivity contribution in [3.05, 3.63) is 44.7 Å². The number of Topliss-reactive ketones (excluding diaryl/α,β-unsaturated/α-hetero) is 1. The fraction of sp³-hybridized carbons (Fsp3) is 0.182. The molecule has 0 spiro atoms. The van der Waals surface area contributed by atoms with Crippen LogP contribution < -0.4 is 0 Å². The van der Waals surface area contributed by atoms with Crippen molar-refractivity contribution in [2.45, 2.75) is 13.8 Å². The third-order valence-electron chi connectivity index (χ3n) is 2.60. The molecule has 0 bridgehead atoms. The summed E-state index contributed by atoms with van der Waals surface area (Å²) >= 11 is 5.73. The van der Waals surface area contributed by atoms with Crippen LogP contribution in [-0.4, -0.2) is 25.7 Å². The summed E-state index contributed by atoms with van der Waals surface area (Å²) in [5.41, 5.74) is 0.953. The van der Waals surface area contributed by atoms with Crippen LogP contribution >= 0.6 is 11.6 Å². The first-order valence-corrected chi connectivity index (χ1v) is 5.67. The van der Waals surface area contributed by atoms with Gasteiger partial charge >= 0.3 is 0 Å². The molecule has 0 aliphatic heterocycles. The fourth-order valence-electron chi connectivity index (χ4n) is 1.67. The Labute approximate surface area is 112 Å². The molecule has 19 heavy (non-hydrogen) atoms. The Hall–Kier alpha value is -2.28. The van der Waals surface area contributed by atoms with E-state index >= 15 is 0 Å². The molecular formula is C11H9ClN4O3. The predicted octanol–water partition coefficient (Wildman–Crippen LogP) is 2.34. The molecule has 0 saturated carbocycles. The molecule has 1 aromatic carbocycles. The van der Waals surface area contributed by atoms with Gasteiger partial charge in [0.2, 0.25) is 0 Å². The Bertz CT molecular complexity index is 681. The smallest absolute Gasteiger partial charge is 0.290 e. The van der Waals surface area contributed by atoms with Crippen LogP contribution in [0.4, 0.5) is 5.69 Å². The van der Waals surface area contributed by atoms with Crippen molar-refractivity contribution < 1.29 is 9.72 Å². The third kappa shape index (κ3) is 2.32. The molecule has 8 heteroatoms. The molecule has 0 atom stereocenters. The Kier molecular flexibility index (Phi) is 3.30. The zero-order chi connectivity index (χ0) is 14.2. The molecule has 0 aliphatic carbocycles. The Morgan fingerprint density at radius 2 is 2.16 bits per heavy atom. The van der Waals surface area contributed by atoms with Gasteiger partial charge in [0.15, 0.2) is 11.5 Å². The predicted molar refractivity (Wildman–Crippen MR) is 67.8 cm³/mol. The van der Waals surface area contributed by atoms with Crippen molar-refractivity contribution in [3.63, 3.8) is 0 Å². The van der Waals surface area contributed by atoms with Gasteiger partial charge in [0.1, 0.15) is 5.02 Å². The van der Waals surface area contributed by atoms with Gasteiger partial charge in [-0.05, 0) is 19.1 Å². The standard InChI is InChI=1S/C11H9ClN4O3/c1-6-11(7(2)17)13-14-15(6)8-3-4-9(12)10(5-8)16(18)19/h3-5H,1-2H3. The van der Waals surface area contributed by atoms with E-state index in [1.165, 1.54) is 23.7 Å². The van der Waals surface area contributed by atoms with Crippen molar-refractivity contribution >= 4 is 23.1 Å². The van der Waals surface area contributed by atoms with Crippen LogP contribution in [0, 0.1) is 17.0 Å². The van der Waals surface area contributed by atoms with E-state index in [1.54, 1.807) is 13.0 Å². The normalized spacial score (nSPS) is 10.5. The van der Waals surface area contributed by atoms with Crippen LogP contribution in [0.3, 0.4) is 0 Å². The zero-order valence-corrected chi connectivity index (χ0v) is 10.9. The average Bonchev–Trinajstić information content (AvgIpc) is 2.71. The highest BCUT2D eigenvalue weighted by atomic mass is 35.5. The summed E-state index contributed by atoms with van der Waals surface area (Å²) in [6.07, 6.45) is 0. The van der Waals surface area contributed by atoms with E-state index in [0.29, 0.717) is 11.4 Å². The summed E-state index contributed by atoms with van der Waals surface area (Å²) < 4.78 is 1.36. The maximum atomic E-state index is 11.3. The van der Waals surface area contributed by atoms with E-state index in [2.05, 4.69) is 10.3 Å². The van der Waals surface area contributed by atoms with Crippen LogP contribution in [0.1, 0.15) is 23.1 Å². The van der Waals surface area contributed by atoms with Crippen molar-refractivity contribution in [2.24, 2.45) is 0 Å². The van der Waals surface area contributed by atoms with Crippen molar-refractivity contribution in [1.29, 1.82) is 0 Å². The first-order valence-electron chi connectivity index (χ1n) is 5.29. The molecule has 0 N–H and O–H groups in total. The number of hydrogen-bond donors (Lipinski definition) is 0. The van der Waals surface area contributed by atoms with Crippen LogP contribution in [0.2, 0.25) is 5.02 Å². The van der Waals surface area contributed by atoms with Gasteiger partial charge in [-0.2, -0.15) is 0 Å². The van der Waals surface area contributed by atoms with E-state index in [9.17, 15) is 14.9 Å². The van der Waals surface area contributed by atoms with Crippen molar-refractivity contribution in [1.82, 2.24) is 15.0 Å². The van der Waals surface area contributed by atoms with E-state index < -0.39 is 4.92 Å². The number of hydrogen-bond acceptors (Lipinski definition) is 5. The number of carbonyl (C=O) groups is 1. The second-order valence-corrected chi connectivity index (χ2v) is 4.29. The van der Waals surface area contributed by atoms with Gasteiger partial charge in [0, 0.05) is 13.0 Å². The van der Waals surface area contributed by atoms with Gasteiger partial charge in [0.05, 0.1) is 16.3 Å². The maximum absolute atomic E-state index is 11.3. The van der Waals surface area contributed by atoms with Gasteiger partial charge in [-0.15, -0.1) is 5.10 Å². The summed E-state index contributed by atoms with van der Waals surface area (Å²) in [6.45, 7) is 3.04. The lowest BCUT2D eigenvalue weighted by molar-refractivity contribution is -0.384. The van der Waals surface area contributed by atoms with Crippen LogP contribution in [-0.2, 0) is 0 Å². The zero-order valence-electron chi connectivity index (χ0n) is 10.1. The number of rotatable bonds is 3. The van der Waals surface area contributed by atoms with Gasteiger partial charge in [-0.25, -0.2) is 4.68 Å². The summed E-state index contributed by atoms with van der Waals surface area (Å²) in [6, 6.07) is 4.26. The van der Waals surface area contributed by atoms with E-state index in [0.717, 1.165) is 0 Å². The van der Waals surface area contributed by atoms with Crippen molar-refractivity contribution in [2.75, 3.05) is 0 Å². The molecule has 2 aromatic rings. The van der Waals surface area contributed by atoms with Crippen LogP contribution in [0.5, 0.6) is 0 Å². The number of halogens is 1. The largest absolute Gasteiger partial charge is 0.293 e. The topological polar surface area (TPSA) is 90.9 Å². The number of carbonyl (C=O) groups excluding carboxylic acids is 1. The molecule has 0 saturated heterocycles. The molecule has 7 nitrogen and oxygen atoms in total. The molecule has 0 radical (unpaired) electrons. The first kappa shape index (κ1) is 13.2. The molecule has 2 rings (SSSR count). The minimum absolute atomic E-state index is 0.0401. The van der Waals surface area contributed by atoms with Gasteiger partial charge in [-0.1, -0.05) is 16.8 Å². The molecule has 1 aromatic heterocycles. The number of ketones is 1. The molecular weight excluding hydrogens is 272 g/mol. The lowest BCUT2D eigenvalue weighted by Gasteiger charge is -2.04. The first-order chi connectivity index (χ1) is 8.91. The van der Waals surface area contributed by atoms with Gasteiger partial charge in [0.25, 0.3) is 5.69 Å². The van der Waals surface area contributed by atoms with Crippen LogP contribution in [0.15, 0.2) is 18.2 Å². The van der Waals surface area contributed by atoms with Gasteiger partial charge in [-0.3, -0.25) is 14.9 Å². The fourth-order valence-corrected chi connectivity index (χ4v) is 1.86. The number of nitro groups is 1. The summed E-state index contributed by atoms with van der Waals surface area (Å²) in [5, 5.41) is 18.4. The van der Waals surface area contributed by atoms with Crippen molar-refractivity contribution in [3.8, 4) is 5.69 Å². The molecule has 98 valence electrons. The van der Waals surface area contributed by atoms with E-state index in [4.69, 9.17) is 11.6 Å². The summed E-state index contributed by atoms with van der Waals surface area (Å²) in [4.78, 5) is 21.5. The highest BCUT2D eigenvalue weighted by Gasteiger charge is 2.17. The molecule has 0 amide bonds. The number of aromatic nitrogens is 3. The second kappa shape index (κ2) is 4.77. The lowest BCUT2D eigenvalue weighted by Crippen LogP contribution is -2.02. The summed E-state index contributed by atoms with van der Waals surface area (Å²) in [7, 11) is 0. The molecule has 0 fully saturated rings. The second-order valence-electron chi connectivity index (χ2n) is 3.88. The number of nitrogens with zero attached hydrogens (tertiary/aromatic N) is 4. The molecule has 1 heterocycles. The Balaban J connectivity index is 2.57. The molecule has 0 unspecified atom stereocenters. The quantitative estimate of drug-likeness (QED) is 0.489. The van der Waals surface area contributed by atoms with E-state index in [1.807, 2.05) is 0 Å². The van der Waals surface area contributed by atoms with E-state index in [-0.39, 0.29) is 22.2 Å². The highest BCUT2D eigenvalue weighted by molar-refractivity contribution is 6.32. The number of benzene rings is 1. The SMILES string of the molecule is CC(=O)c1nnn(-c2ccc(Cl)c([N+](=O)[O-])c2)c1C. The Morgan fingerprint density at radius 3 is 2.68 bits per heavy atom.